The van der Waals surface area contributed by atoms with Crippen molar-refractivity contribution in [1.29, 1.82) is 0 Å². The molecule has 0 unspecified atom stereocenters. The summed E-state index contributed by atoms with van der Waals surface area (Å²) in [5.74, 6) is 0.545. The molecule has 104 valence electrons. The molecular formula is C14H16N4O2. The maximum Gasteiger partial charge on any atom is 0.362 e. The fourth-order valence-electron chi connectivity index (χ4n) is 2.52. The largest absolute Gasteiger partial charge is 0.362 e. The number of carbonyl (C=O) groups excluding carboxylic acids is 1. The van der Waals surface area contributed by atoms with Crippen molar-refractivity contribution in [3.63, 3.8) is 0 Å². The van der Waals surface area contributed by atoms with Crippen LogP contribution in [0.25, 0.3) is 0 Å². The van der Waals surface area contributed by atoms with Crippen LogP contribution < -0.4 is 10.7 Å². The summed E-state index contributed by atoms with van der Waals surface area (Å²) in [6.45, 7) is 2.53. The Morgan fingerprint density at radius 1 is 1.40 bits per heavy atom. The van der Waals surface area contributed by atoms with Crippen LogP contribution in [-0.4, -0.2) is 27.3 Å². The van der Waals surface area contributed by atoms with Crippen molar-refractivity contribution in [2.45, 2.75) is 26.2 Å². The first-order chi connectivity index (χ1) is 9.66. The molecule has 3 rings (SSSR count). The second-order valence-electron chi connectivity index (χ2n) is 4.98. The SMILES string of the molecule is Cc1ccccc1CC(=O)N1CCCc2n[nH]c(=O)n21. The number of aromatic nitrogens is 3. The number of amides is 1. The van der Waals surface area contributed by atoms with E-state index in [9.17, 15) is 9.59 Å². The van der Waals surface area contributed by atoms with Crippen molar-refractivity contribution < 1.29 is 4.79 Å². The molecule has 1 aliphatic rings. The zero-order valence-electron chi connectivity index (χ0n) is 11.3. The highest BCUT2D eigenvalue weighted by Crippen LogP contribution is 2.12. The molecule has 2 aromatic rings. The molecule has 1 aliphatic heterocycles. The number of hydrogen-bond donors (Lipinski definition) is 1. The average Bonchev–Trinajstić information content (AvgIpc) is 2.83. The molecule has 0 atom stereocenters. The minimum Gasteiger partial charge on any atom is -0.273 e. The molecular weight excluding hydrogens is 256 g/mol. The van der Waals surface area contributed by atoms with Crippen LogP contribution in [0.4, 0.5) is 0 Å². The highest BCUT2D eigenvalue weighted by Gasteiger charge is 2.25. The van der Waals surface area contributed by atoms with Crippen LogP contribution in [-0.2, 0) is 17.6 Å². The number of aromatic amines is 1. The molecule has 1 amide bonds. The zero-order chi connectivity index (χ0) is 14.1. The van der Waals surface area contributed by atoms with E-state index in [-0.39, 0.29) is 11.6 Å². The monoisotopic (exact) mass is 272 g/mol. The molecule has 6 heteroatoms. The highest BCUT2D eigenvalue weighted by molar-refractivity contribution is 5.88. The van der Waals surface area contributed by atoms with Gasteiger partial charge in [-0.1, -0.05) is 24.3 Å². The third-order valence-corrected chi connectivity index (χ3v) is 3.62. The molecule has 0 saturated heterocycles. The van der Waals surface area contributed by atoms with Gasteiger partial charge in [-0.2, -0.15) is 9.77 Å². The van der Waals surface area contributed by atoms with Gasteiger partial charge in [0.15, 0.2) is 5.82 Å². The average molecular weight is 272 g/mol. The molecule has 1 aromatic heterocycles. The van der Waals surface area contributed by atoms with Gasteiger partial charge in [0.25, 0.3) is 0 Å². The summed E-state index contributed by atoms with van der Waals surface area (Å²) < 4.78 is 1.37. The molecule has 20 heavy (non-hydrogen) atoms. The van der Waals surface area contributed by atoms with Crippen molar-refractivity contribution in [3.05, 3.63) is 51.7 Å². The summed E-state index contributed by atoms with van der Waals surface area (Å²) in [4.78, 5) is 24.2. The molecule has 0 fully saturated rings. The summed E-state index contributed by atoms with van der Waals surface area (Å²) >= 11 is 0. The molecule has 2 heterocycles. The number of nitrogens with one attached hydrogen (secondary N) is 1. The fraction of sp³-hybridized carbons (Fsp3) is 0.357. The van der Waals surface area contributed by atoms with Gasteiger partial charge >= 0.3 is 5.69 Å². The van der Waals surface area contributed by atoms with Gasteiger partial charge in [0.1, 0.15) is 0 Å². The van der Waals surface area contributed by atoms with Crippen LogP contribution in [0, 0.1) is 6.92 Å². The van der Waals surface area contributed by atoms with E-state index < -0.39 is 0 Å². The van der Waals surface area contributed by atoms with Crippen molar-refractivity contribution in [2.75, 3.05) is 11.6 Å². The molecule has 0 bridgehead atoms. The summed E-state index contributed by atoms with van der Waals surface area (Å²) in [7, 11) is 0. The van der Waals surface area contributed by atoms with Gasteiger partial charge in [-0.3, -0.25) is 4.79 Å². The summed E-state index contributed by atoms with van der Waals surface area (Å²) in [6, 6.07) is 7.79. The van der Waals surface area contributed by atoms with Gasteiger partial charge in [-0.25, -0.2) is 14.9 Å². The van der Waals surface area contributed by atoms with Crippen molar-refractivity contribution in [2.24, 2.45) is 0 Å². The predicted molar refractivity (Wildman–Crippen MR) is 74.1 cm³/mol. The zero-order valence-corrected chi connectivity index (χ0v) is 11.3. The summed E-state index contributed by atoms with van der Waals surface area (Å²) in [5, 5.41) is 7.84. The van der Waals surface area contributed by atoms with Gasteiger partial charge in [0, 0.05) is 13.0 Å². The van der Waals surface area contributed by atoms with E-state index in [1.807, 2.05) is 31.2 Å². The van der Waals surface area contributed by atoms with Crippen LogP contribution in [0.15, 0.2) is 29.1 Å². The van der Waals surface area contributed by atoms with Crippen molar-refractivity contribution >= 4 is 5.91 Å². The number of benzene rings is 1. The maximum absolute atomic E-state index is 12.5. The van der Waals surface area contributed by atoms with Gasteiger partial charge in [0.05, 0.1) is 6.42 Å². The van der Waals surface area contributed by atoms with E-state index >= 15 is 0 Å². The minimum absolute atomic E-state index is 0.0799. The molecule has 1 N–H and O–H groups in total. The van der Waals surface area contributed by atoms with Crippen LogP contribution in [0.5, 0.6) is 0 Å². The third kappa shape index (κ3) is 2.13. The molecule has 0 radical (unpaired) electrons. The lowest BCUT2D eigenvalue weighted by atomic mass is 10.1. The summed E-state index contributed by atoms with van der Waals surface area (Å²) in [5.41, 5.74) is 1.72. The maximum atomic E-state index is 12.5. The molecule has 0 spiro atoms. The molecule has 0 aliphatic carbocycles. The first kappa shape index (κ1) is 12.7. The van der Waals surface area contributed by atoms with E-state index in [4.69, 9.17) is 0 Å². The fourth-order valence-corrected chi connectivity index (χ4v) is 2.52. The Bertz CT molecular complexity index is 701. The highest BCUT2D eigenvalue weighted by atomic mass is 16.2. The number of aryl methyl sites for hydroxylation is 2. The molecule has 0 saturated carbocycles. The predicted octanol–water partition coefficient (Wildman–Crippen LogP) is 0.533. The topological polar surface area (TPSA) is 71.0 Å². The van der Waals surface area contributed by atoms with E-state index in [0.29, 0.717) is 25.2 Å². The number of hydrogen-bond acceptors (Lipinski definition) is 3. The molecule has 6 nitrogen and oxygen atoms in total. The Balaban J connectivity index is 1.87. The quantitative estimate of drug-likeness (QED) is 0.867. The van der Waals surface area contributed by atoms with Crippen LogP contribution >= 0.6 is 0 Å². The molecule has 1 aromatic carbocycles. The number of carbonyl (C=O) groups is 1. The lowest BCUT2D eigenvalue weighted by Crippen LogP contribution is -2.50. The first-order valence-electron chi connectivity index (χ1n) is 6.68. The summed E-state index contributed by atoms with van der Waals surface area (Å²) in [6.07, 6.45) is 1.83. The van der Waals surface area contributed by atoms with Gasteiger partial charge in [0.2, 0.25) is 5.91 Å². The number of nitrogens with zero attached hydrogens (tertiary/aromatic N) is 3. The third-order valence-electron chi connectivity index (χ3n) is 3.62. The van der Waals surface area contributed by atoms with Crippen LogP contribution in [0.1, 0.15) is 23.4 Å². The number of H-pyrrole nitrogens is 1. The first-order valence-corrected chi connectivity index (χ1v) is 6.68. The van der Waals surface area contributed by atoms with Gasteiger partial charge in [-0.05, 0) is 24.5 Å². The van der Waals surface area contributed by atoms with E-state index in [0.717, 1.165) is 17.5 Å². The number of fused-ring (bicyclic) bond motifs is 1. The van der Waals surface area contributed by atoms with Crippen LogP contribution in [0.3, 0.4) is 0 Å². The van der Waals surface area contributed by atoms with Gasteiger partial charge < -0.3 is 0 Å². The standard InChI is InChI=1S/C14H16N4O2/c1-10-5-2-3-6-11(10)9-13(19)17-8-4-7-12-15-16-14(20)18(12)17/h2-3,5-6H,4,7-9H2,1H3,(H,16,20). The van der Waals surface area contributed by atoms with Crippen LogP contribution in [0.2, 0.25) is 0 Å². The normalized spacial score (nSPS) is 14.2. The lowest BCUT2D eigenvalue weighted by molar-refractivity contribution is -0.119. The number of rotatable bonds is 2. The second-order valence-corrected chi connectivity index (χ2v) is 4.98. The van der Waals surface area contributed by atoms with E-state index in [1.54, 1.807) is 0 Å². The van der Waals surface area contributed by atoms with Crippen molar-refractivity contribution in [3.8, 4) is 0 Å². The Kier molecular flexibility index (Phi) is 3.14. The second kappa shape index (κ2) is 4.96. The Morgan fingerprint density at radius 2 is 2.20 bits per heavy atom. The van der Waals surface area contributed by atoms with E-state index in [1.165, 1.54) is 9.69 Å². The minimum atomic E-state index is -0.349. The Hall–Kier alpha value is -2.37. The van der Waals surface area contributed by atoms with Gasteiger partial charge in [-0.15, -0.1) is 0 Å². The Morgan fingerprint density at radius 3 is 3.00 bits per heavy atom. The lowest BCUT2D eigenvalue weighted by Gasteiger charge is -2.27. The smallest absolute Gasteiger partial charge is 0.273 e. The Labute approximate surface area is 116 Å². The van der Waals surface area contributed by atoms with E-state index in [2.05, 4.69) is 10.2 Å². The van der Waals surface area contributed by atoms with Crippen molar-refractivity contribution in [1.82, 2.24) is 14.9 Å².